The molecule has 0 spiro atoms. The minimum absolute atomic E-state index is 0.0372. The summed E-state index contributed by atoms with van der Waals surface area (Å²) >= 11 is 3.23. The van der Waals surface area contributed by atoms with E-state index < -0.39 is 0 Å². The molecule has 0 saturated heterocycles. The van der Waals surface area contributed by atoms with Crippen molar-refractivity contribution in [2.24, 2.45) is 0 Å². The summed E-state index contributed by atoms with van der Waals surface area (Å²) in [6.45, 7) is 6.38. The van der Waals surface area contributed by atoms with Crippen molar-refractivity contribution in [3.8, 4) is 11.4 Å². The third kappa shape index (κ3) is 3.44. The first-order valence-corrected chi connectivity index (χ1v) is 11.1. The average molecular weight is 399 g/mol. The molecule has 2 heterocycles. The Morgan fingerprint density at radius 3 is 2.81 bits per heavy atom. The van der Waals surface area contributed by atoms with Gasteiger partial charge in [0.15, 0.2) is 5.16 Å². The standard InChI is InChI=1S/C21H22N2O2S2/c1-3-13-26-21-22-19-18(16-7-5-6-8-17(16)27-19)20(24)23(21)14-9-11-15(12-10-14)25-4-2/h3,9-12H,1,4-8,13H2,2H3. The minimum atomic E-state index is 0.0372. The van der Waals surface area contributed by atoms with Crippen molar-refractivity contribution >= 4 is 33.3 Å². The second-order valence-corrected chi connectivity index (χ2v) is 8.52. The van der Waals surface area contributed by atoms with Crippen LogP contribution in [0.25, 0.3) is 15.9 Å². The zero-order chi connectivity index (χ0) is 18.8. The molecule has 0 bridgehead atoms. The molecule has 0 saturated carbocycles. The number of thiophene rings is 1. The molecule has 0 amide bonds. The number of benzene rings is 1. The van der Waals surface area contributed by atoms with Crippen molar-refractivity contribution in [1.82, 2.24) is 9.55 Å². The number of aryl methyl sites for hydroxylation is 2. The second kappa shape index (κ2) is 7.90. The molecule has 2 aromatic heterocycles. The molecule has 4 nitrogen and oxygen atoms in total. The van der Waals surface area contributed by atoms with Crippen molar-refractivity contribution in [2.45, 2.75) is 37.8 Å². The van der Waals surface area contributed by atoms with Crippen LogP contribution < -0.4 is 10.3 Å². The van der Waals surface area contributed by atoms with E-state index in [-0.39, 0.29) is 5.56 Å². The third-order valence-corrected chi connectivity index (χ3v) is 6.81. The fourth-order valence-electron chi connectivity index (χ4n) is 3.50. The Morgan fingerprint density at radius 1 is 1.30 bits per heavy atom. The Bertz CT molecular complexity index is 1040. The van der Waals surface area contributed by atoms with Gasteiger partial charge in [-0.2, -0.15) is 0 Å². The molecule has 4 rings (SSSR count). The van der Waals surface area contributed by atoms with Crippen molar-refractivity contribution in [2.75, 3.05) is 12.4 Å². The SMILES string of the molecule is C=CCSc1nc2sc3c(c2c(=O)n1-c1ccc(OCC)cc1)CCCC3. The molecule has 1 aliphatic rings. The molecule has 0 N–H and O–H groups in total. The van der Waals surface area contributed by atoms with Gasteiger partial charge in [0.2, 0.25) is 0 Å². The van der Waals surface area contributed by atoms with Gasteiger partial charge in [-0.25, -0.2) is 4.98 Å². The van der Waals surface area contributed by atoms with Gasteiger partial charge < -0.3 is 4.74 Å². The molecular formula is C21H22N2O2S2. The summed E-state index contributed by atoms with van der Waals surface area (Å²) in [7, 11) is 0. The first-order chi connectivity index (χ1) is 13.2. The number of nitrogens with zero attached hydrogens (tertiary/aromatic N) is 2. The number of rotatable bonds is 6. The highest BCUT2D eigenvalue weighted by Gasteiger charge is 2.22. The highest BCUT2D eigenvalue weighted by atomic mass is 32.2. The van der Waals surface area contributed by atoms with Crippen LogP contribution in [0, 0.1) is 0 Å². The molecular weight excluding hydrogens is 376 g/mol. The van der Waals surface area contributed by atoms with Crippen LogP contribution in [0.2, 0.25) is 0 Å². The summed E-state index contributed by atoms with van der Waals surface area (Å²) in [4.78, 5) is 20.6. The maximum Gasteiger partial charge on any atom is 0.267 e. The van der Waals surface area contributed by atoms with Crippen LogP contribution in [0.4, 0.5) is 0 Å². The van der Waals surface area contributed by atoms with E-state index in [0.29, 0.717) is 12.4 Å². The number of thioether (sulfide) groups is 1. The van der Waals surface area contributed by atoms with E-state index in [2.05, 4.69) is 6.58 Å². The summed E-state index contributed by atoms with van der Waals surface area (Å²) in [6, 6.07) is 7.66. The van der Waals surface area contributed by atoms with E-state index >= 15 is 0 Å². The topological polar surface area (TPSA) is 44.1 Å². The van der Waals surface area contributed by atoms with Crippen LogP contribution in [0.1, 0.15) is 30.2 Å². The molecule has 0 aliphatic heterocycles. The van der Waals surface area contributed by atoms with Crippen LogP contribution in [0.15, 0.2) is 46.9 Å². The molecule has 1 aliphatic carbocycles. The fourth-order valence-corrected chi connectivity index (χ4v) is 5.55. The van der Waals surface area contributed by atoms with Crippen LogP contribution in [-0.2, 0) is 12.8 Å². The molecule has 0 unspecified atom stereocenters. The summed E-state index contributed by atoms with van der Waals surface area (Å²) in [5.41, 5.74) is 2.08. The normalized spacial score (nSPS) is 13.5. The summed E-state index contributed by atoms with van der Waals surface area (Å²) in [5.74, 6) is 1.51. The molecule has 0 radical (unpaired) electrons. The van der Waals surface area contributed by atoms with Crippen LogP contribution in [-0.4, -0.2) is 21.9 Å². The van der Waals surface area contributed by atoms with E-state index in [1.54, 1.807) is 27.7 Å². The smallest absolute Gasteiger partial charge is 0.267 e. The molecule has 3 aromatic rings. The van der Waals surface area contributed by atoms with E-state index in [1.165, 1.54) is 16.9 Å². The first kappa shape index (κ1) is 18.3. The third-order valence-electron chi connectivity index (χ3n) is 4.69. The second-order valence-electron chi connectivity index (χ2n) is 6.45. The van der Waals surface area contributed by atoms with Crippen LogP contribution in [0.3, 0.4) is 0 Å². The van der Waals surface area contributed by atoms with Gasteiger partial charge in [0.25, 0.3) is 5.56 Å². The van der Waals surface area contributed by atoms with Crippen molar-refractivity contribution in [3.05, 3.63) is 57.7 Å². The number of hydrogen-bond donors (Lipinski definition) is 0. The molecule has 27 heavy (non-hydrogen) atoms. The molecule has 0 atom stereocenters. The van der Waals surface area contributed by atoms with Gasteiger partial charge >= 0.3 is 0 Å². The zero-order valence-electron chi connectivity index (χ0n) is 15.4. The van der Waals surface area contributed by atoms with Gasteiger partial charge in [0.1, 0.15) is 10.6 Å². The lowest BCUT2D eigenvalue weighted by Crippen LogP contribution is -2.22. The lowest BCUT2D eigenvalue weighted by Gasteiger charge is -2.13. The monoisotopic (exact) mass is 398 g/mol. The average Bonchev–Trinajstić information content (AvgIpc) is 3.06. The van der Waals surface area contributed by atoms with Gasteiger partial charge in [-0.1, -0.05) is 17.8 Å². The Balaban J connectivity index is 1.91. The van der Waals surface area contributed by atoms with E-state index in [0.717, 1.165) is 46.1 Å². The van der Waals surface area contributed by atoms with Crippen molar-refractivity contribution in [1.29, 1.82) is 0 Å². The highest BCUT2D eigenvalue weighted by molar-refractivity contribution is 7.99. The molecule has 140 valence electrons. The summed E-state index contributed by atoms with van der Waals surface area (Å²) in [6.07, 6.45) is 6.23. The minimum Gasteiger partial charge on any atom is -0.494 e. The molecule has 6 heteroatoms. The maximum absolute atomic E-state index is 13.5. The Morgan fingerprint density at radius 2 is 2.07 bits per heavy atom. The van der Waals surface area contributed by atoms with Gasteiger partial charge in [0.05, 0.1) is 17.7 Å². The van der Waals surface area contributed by atoms with E-state index in [9.17, 15) is 4.79 Å². The molecule has 0 fully saturated rings. The Kier molecular flexibility index (Phi) is 5.36. The predicted molar refractivity (Wildman–Crippen MR) is 114 cm³/mol. The number of ether oxygens (including phenoxy) is 1. The predicted octanol–water partition coefficient (Wildman–Crippen LogP) is 5.00. The quantitative estimate of drug-likeness (QED) is 0.333. The number of hydrogen-bond acceptors (Lipinski definition) is 5. The van der Waals surface area contributed by atoms with E-state index in [1.807, 2.05) is 37.3 Å². The maximum atomic E-state index is 13.5. The Hall–Kier alpha value is -2.05. The highest BCUT2D eigenvalue weighted by Crippen LogP contribution is 2.35. The zero-order valence-corrected chi connectivity index (χ0v) is 17.0. The number of aromatic nitrogens is 2. The largest absolute Gasteiger partial charge is 0.494 e. The van der Waals surface area contributed by atoms with Crippen LogP contribution in [0.5, 0.6) is 5.75 Å². The first-order valence-electron chi connectivity index (χ1n) is 9.27. The van der Waals surface area contributed by atoms with Gasteiger partial charge in [-0.05, 0) is 62.4 Å². The van der Waals surface area contributed by atoms with Gasteiger partial charge in [-0.15, -0.1) is 17.9 Å². The van der Waals surface area contributed by atoms with Crippen LogP contribution >= 0.6 is 23.1 Å². The van der Waals surface area contributed by atoms with Crippen molar-refractivity contribution in [3.63, 3.8) is 0 Å². The van der Waals surface area contributed by atoms with Gasteiger partial charge in [0, 0.05) is 10.6 Å². The van der Waals surface area contributed by atoms with E-state index in [4.69, 9.17) is 9.72 Å². The van der Waals surface area contributed by atoms with Gasteiger partial charge in [-0.3, -0.25) is 9.36 Å². The summed E-state index contributed by atoms with van der Waals surface area (Å²) < 4.78 is 7.28. The Labute approximate surface area is 166 Å². The fraction of sp³-hybridized carbons (Fsp3) is 0.333. The summed E-state index contributed by atoms with van der Waals surface area (Å²) in [5, 5.41) is 1.53. The van der Waals surface area contributed by atoms with Crippen molar-refractivity contribution < 1.29 is 4.74 Å². The molecule has 1 aromatic carbocycles. The lowest BCUT2D eigenvalue weighted by molar-refractivity contribution is 0.340. The number of fused-ring (bicyclic) bond motifs is 3. The lowest BCUT2D eigenvalue weighted by atomic mass is 9.97.